The molecule has 4 aromatic heterocycles. The number of hydrogen-bond donors (Lipinski definition) is 4. The van der Waals surface area contributed by atoms with E-state index in [9.17, 15) is 9.90 Å². The Kier molecular flexibility index (Phi) is 6.45. The Morgan fingerprint density at radius 1 is 1.23 bits per heavy atom. The third-order valence-corrected chi connectivity index (χ3v) is 6.27. The molecule has 0 radical (unpaired) electrons. The van der Waals surface area contributed by atoms with Crippen molar-refractivity contribution in [3.8, 4) is 5.82 Å². The SMILES string of the molecule is CNc1cc(Nc2cccn(-c3ccccn3)c2=O)nc2c(C(O)N[C@H]3CC[C@H](OC)C3)cnn12. The smallest absolute Gasteiger partial charge is 0.279 e. The van der Waals surface area contributed by atoms with E-state index in [1.54, 1.807) is 67.6 Å². The van der Waals surface area contributed by atoms with Gasteiger partial charge in [-0.15, -0.1) is 0 Å². The average molecular weight is 477 g/mol. The van der Waals surface area contributed by atoms with Gasteiger partial charge in [0.1, 0.15) is 29.4 Å². The first-order chi connectivity index (χ1) is 17.1. The number of nitrogens with one attached hydrogen (secondary N) is 3. The van der Waals surface area contributed by atoms with Crippen LogP contribution in [0, 0.1) is 0 Å². The first-order valence-electron chi connectivity index (χ1n) is 11.5. The molecule has 182 valence electrons. The molecule has 1 fully saturated rings. The van der Waals surface area contributed by atoms with E-state index in [1.165, 1.54) is 4.57 Å². The van der Waals surface area contributed by atoms with E-state index in [1.807, 2.05) is 6.07 Å². The largest absolute Gasteiger partial charge is 0.381 e. The quantitative estimate of drug-likeness (QED) is 0.283. The highest BCUT2D eigenvalue weighted by Crippen LogP contribution is 2.27. The van der Waals surface area contributed by atoms with Gasteiger partial charge in [0.25, 0.3) is 5.56 Å². The van der Waals surface area contributed by atoms with E-state index in [0.717, 1.165) is 19.3 Å². The number of aromatic nitrogens is 5. The van der Waals surface area contributed by atoms with Gasteiger partial charge in [-0.05, 0) is 43.5 Å². The number of aliphatic hydroxyl groups is 1. The Balaban J connectivity index is 1.45. The molecular weight excluding hydrogens is 448 g/mol. The van der Waals surface area contributed by atoms with Crippen molar-refractivity contribution in [2.75, 3.05) is 24.8 Å². The number of rotatable bonds is 8. The van der Waals surface area contributed by atoms with Gasteiger partial charge in [0.2, 0.25) is 0 Å². The van der Waals surface area contributed by atoms with E-state index in [2.05, 4.69) is 31.0 Å². The van der Waals surface area contributed by atoms with Crippen molar-refractivity contribution in [1.82, 2.24) is 29.5 Å². The molecule has 1 aliphatic rings. The van der Waals surface area contributed by atoms with Crippen LogP contribution in [0.5, 0.6) is 0 Å². The lowest BCUT2D eigenvalue weighted by Crippen LogP contribution is -2.31. The molecule has 3 atom stereocenters. The topological polar surface area (TPSA) is 131 Å². The van der Waals surface area contributed by atoms with E-state index >= 15 is 0 Å². The third kappa shape index (κ3) is 4.61. The van der Waals surface area contributed by atoms with E-state index in [0.29, 0.717) is 34.4 Å². The molecule has 0 amide bonds. The van der Waals surface area contributed by atoms with E-state index in [-0.39, 0.29) is 17.7 Å². The molecule has 4 heterocycles. The summed E-state index contributed by atoms with van der Waals surface area (Å²) in [6, 6.07) is 10.7. The minimum atomic E-state index is -0.946. The van der Waals surface area contributed by atoms with Crippen molar-refractivity contribution in [2.45, 2.75) is 37.6 Å². The lowest BCUT2D eigenvalue weighted by atomic mass is 10.2. The van der Waals surface area contributed by atoms with Crippen molar-refractivity contribution in [3.63, 3.8) is 0 Å². The van der Waals surface area contributed by atoms with Crippen LogP contribution in [0.25, 0.3) is 11.5 Å². The van der Waals surface area contributed by atoms with Crippen LogP contribution in [0.1, 0.15) is 31.1 Å². The zero-order chi connectivity index (χ0) is 24.4. The summed E-state index contributed by atoms with van der Waals surface area (Å²) in [5, 5.41) is 24.8. The van der Waals surface area contributed by atoms with Gasteiger partial charge in [0.05, 0.1) is 17.9 Å². The van der Waals surface area contributed by atoms with Crippen LogP contribution in [0.3, 0.4) is 0 Å². The maximum Gasteiger partial charge on any atom is 0.279 e. The van der Waals surface area contributed by atoms with Gasteiger partial charge in [-0.3, -0.25) is 14.7 Å². The lowest BCUT2D eigenvalue weighted by molar-refractivity contribution is 0.0958. The number of ether oxygens (including phenoxy) is 1. The monoisotopic (exact) mass is 476 g/mol. The molecule has 1 saturated carbocycles. The second kappa shape index (κ2) is 9.82. The van der Waals surface area contributed by atoms with Crippen LogP contribution in [-0.2, 0) is 4.74 Å². The summed E-state index contributed by atoms with van der Waals surface area (Å²) in [5.41, 5.74) is 1.10. The second-order valence-electron chi connectivity index (χ2n) is 8.46. The van der Waals surface area contributed by atoms with Crippen molar-refractivity contribution in [2.24, 2.45) is 0 Å². The Morgan fingerprint density at radius 3 is 2.86 bits per heavy atom. The number of pyridine rings is 2. The van der Waals surface area contributed by atoms with Gasteiger partial charge in [-0.1, -0.05) is 6.07 Å². The number of hydrogen-bond acceptors (Lipinski definition) is 9. The molecule has 4 aromatic rings. The summed E-state index contributed by atoms with van der Waals surface area (Å²) < 4.78 is 8.52. The Morgan fingerprint density at radius 2 is 2.11 bits per heavy atom. The molecule has 11 nitrogen and oxygen atoms in total. The van der Waals surface area contributed by atoms with Crippen LogP contribution < -0.4 is 21.5 Å². The molecule has 0 aromatic carbocycles. The Bertz CT molecular complexity index is 1370. The molecule has 0 spiro atoms. The third-order valence-electron chi connectivity index (χ3n) is 6.27. The summed E-state index contributed by atoms with van der Waals surface area (Å²) in [6.45, 7) is 0. The zero-order valence-corrected chi connectivity index (χ0v) is 19.5. The van der Waals surface area contributed by atoms with E-state index in [4.69, 9.17) is 4.74 Å². The highest BCUT2D eigenvalue weighted by molar-refractivity contribution is 5.65. The second-order valence-corrected chi connectivity index (χ2v) is 8.46. The highest BCUT2D eigenvalue weighted by Gasteiger charge is 2.27. The van der Waals surface area contributed by atoms with Crippen LogP contribution in [0.2, 0.25) is 0 Å². The van der Waals surface area contributed by atoms with Gasteiger partial charge < -0.3 is 20.5 Å². The first kappa shape index (κ1) is 23.0. The first-order valence-corrected chi connectivity index (χ1v) is 11.5. The summed E-state index contributed by atoms with van der Waals surface area (Å²) >= 11 is 0. The zero-order valence-electron chi connectivity index (χ0n) is 19.5. The van der Waals surface area contributed by atoms with Crippen LogP contribution in [-0.4, -0.2) is 55.6 Å². The summed E-state index contributed by atoms with van der Waals surface area (Å²) in [7, 11) is 3.49. The molecule has 11 heteroatoms. The van der Waals surface area contributed by atoms with Gasteiger partial charge in [-0.25, -0.2) is 9.97 Å². The van der Waals surface area contributed by atoms with Gasteiger partial charge in [0.15, 0.2) is 5.65 Å². The minimum Gasteiger partial charge on any atom is -0.381 e. The van der Waals surface area contributed by atoms with Gasteiger partial charge >= 0.3 is 0 Å². The van der Waals surface area contributed by atoms with Gasteiger partial charge in [0, 0.05) is 38.7 Å². The van der Waals surface area contributed by atoms with Gasteiger partial charge in [-0.2, -0.15) is 9.61 Å². The van der Waals surface area contributed by atoms with Crippen molar-refractivity contribution in [3.05, 3.63) is 70.9 Å². The molecule has 35 heavy (non-hydrogen) atoms. The molecule has 1 unspecified atom stereocenters. The molecule has 0 bridgehead atoms. The highest BCUT2D eigenvalue weighted by atomic mass is 16.5. The van der Waals surface area contributed by atoms with Crippen LogP contribution in [0.15, 0.2) is 59.8 Å². The van der Waals surface area contributed by atoms with Crippen molar-refractivity contribution in [1.29, 1.82) is 0 Å². The maximum atomic E-state index is 13.1. The predicted molar refractivity (Wildman–Crippen MR) is 132 cm³/mol. The standard InChI is InChI=1S/C24H28N8O3/c1-25-21-13-19(29-18-6-5-11-31(24(18)34)20-7-3-4-10-26-20)30-22-17(14-27-32(21)22)23(33)28-15-8-9-16(12-15)35-2/h3-7,10-11,13-16,23,25,28,33H,8-9,12H2,1-2H3,(H,29,30)/t15-,16-,23?/m0/s1. The van der Waals surface area contributed by atoms with E-state index < -0.39 is 6.23 Å². The van der Waals surface area contributed by atoms with Crippen LogP contribution in [0.4, 0.5) is 17.3 Å². The Hall–Kier alpha value is -3.80. The Labute approximate surface area is 201 Å². The maximum absolute atomic E-state index is 13.1. The molecule has 0 aliphatic heterocycles. The molecule has 4 N–H and O–H groups in total. The van der Waals surface area contributed by atoms with Crippen molar-refractivity contribution >= 4 is 23.0 Å². The summed E-state index contributed by atoms with van der Waals surface area (Å²) in [6.07, 6.45) is 6.88. The fraction of sp³-hybridized carbons (Fsp3) is 0.333. The molecule has 5 rings (SSSR count). The number of aliphatic hydroxyl groups excluding tert-OH is 1. The molecular formula is C24H28N8O3. The fourth-order valence-electron chi connectivity index (χ4n) is 4.44. The summed E-state index contributed by atoms with van der Waals surface area (Å²) in [5.74, 6) is 1.61. The summed E-state index contributed by atoms with van der Waals surface area (Å²) in [4.78, 5) is 22.0. The van der Waals surface area contributed by atoms with Crippen molar-refractivity contribution < 1.29 is 9.84 Å². The normalized spacial score (nSPS) is 18.6. The van der Waals surface area contributed by atoms with Crippen LogP contribution >= 0.6 is 0 Å². The number of anilines is 3. The lowest BCUT2D eigenvalue weighted by Gasteiger charge is -2.18. The minimum absolute atomic E-state index is 0.143. The molecule has 0 saturated heterocycles. The predicted octanol–water partition coefficient (Wildman–Crippen LogP) is 2.21. The number of fused-ring (bicyclic) bond motifs is 1. The molecule has 1 aliphatic carbocycles. The average Bonchev–Trinajstić information content (AvgIpc) is 3.52. The number of nitrogens with zero attached hydrogens (tertiary/aromatic N) is 5. The fourth-order valence-corrected chi connectivity index (χ4v) is 4.44. The number of methoxy groups -OCH3 is 1.